The molecule has 150 valence electrons. The average Bonchev–Trinajstić information content (AvgIpc) is 2.78. The Balaban J connectivity index is 1.46. The lowest BCUT2D eigenvalue weighted by atomic mass is 10.1. The average molecular weight is 391 g/mol. The quantitative estimate of drug-likeness (QED) is 0.604. The molecule has 0 radical (unpaired) electrons. The van der Waals surface area contributed by atoms with Crippen molar-refractivity contribution >= 4 is 11.7 Å². The lowest BCUT2D eigenvalue weighted by molar-refractivity contribution is 0.0949. The summed E-state index contributed by atoms with van der Waals surface area (Å²) in [5.41, 5.74) is 2.65. The van der Waals surface area contributed by atoms with Crippen molar-refractivity contribution in [1.82, 2.24) is 20.3 Å². The van der Waals surface area contributed by atoms with E-state index < -0.39 is 0 Å². The Labute approximate surface area is 170 Å². The van der Waals surface area contributed by atoms with Crippen LogP contribution in [0.15, 0.2) is 61.2 Å². The SMILES string of the molecule is COc1ccc(CCNC(=O)c2cnc(N(C)CCc3ccncc3)cn2)cc1. The summed E-state index contributed by atoms with van der Waals surface area (Å²) in [7, 11) is 3.60. The summed E-state index contributed by atoms with van der Waals surface area (Å²) < 4.78 is 5.14. The smallest absolute Gasteiger partial charge is 0.271 e. The van der Waals surface area contributed by atoms with Crippen LogP contribution in [0.1, 0.15) is 21.6 Å². The second kappa shape index (κ2) is 10.2. The fraction of sp³-hybridized carbons (Fsp3) is 0.273. The van der Waals surface area contributed by atoms with Crippen molar-refractivity contribution in [3.8, 4) is 5.75 Å². The molecule has 3 aromatic rings. The highest BCUT2D eigenvalue weighted by molar-refractivity contribution is 5.92. The molecule has 0 aliphatic rings. The Morgan fingerprint density at radius 3 is 2.38 bits per heavy atom. The molecule has 1 amide bonds. The first-order chi connectivity index (χ1) is 14.2. The minimum absolute atomic E-state index is 0.225. The Morgan fingerprint density at radius 1 is 1.00 bits per heavy atom. The molecule has 0 aliphatic heterocycles. The van der Waals surface area contributed by atoms with E-state index in [1.165, 1.54) is 11.8 Å². The molecule has 3 rings (SSSR count). The van der Waals surface area contributed by atoms with Gasteiger partial charge in [-0.15, -0.1) is 0 Å². The molecule has 0 saturated carbocycles. The van der Waals surface area contributed by atoms with Crippen molar-refractivity contribution < 1.29 is 9.53 Å². The Hall–Kier alpha value is -3.48. The molecular weight excluding hydrogens is 366 g/mol. The molecule has 0 unspecified atom stereocenters. The molecular formula is C22H25N5O2. The van der Waals surface area contributed by atoms with Gasteiger partial charge in [-0.05, 0) is 48.2 Å². The maximum atomic E-state index is 12.3. The number of aromatic nitrogens is 3. The zero-order chi connectivity index (χ0) is 20.5. The Bertz CT molecular complexity index is 899. The molecule has 29 heavy (non-hydrogen) atoms. The summed E-state index contributed by atoms with van der Waals surface area (Å²) in [6.45, 7) is 1.33. The van der Waals surface area contributed by atoms with Crippen molar-refractivity contribution in [1.29, 1.82) is 0 Å². The number of nitrogens with zero attached hydrogens (tertiary/aromatic N) is 4. The van der Waals surface area contributed by atoms with E-state index in [9.17, 15) is 4.79 Å². The topological polar surface area (TPSA) is 80.2 Å². The fourth-order valence-electron chi connectivity index (χ4n) is 2.80. The molecule has 7 heteroatoms. The van der Waals surface area contributed by atoms with Gasteiger partial charge in [0.2, 0.25) is 0 Å². The number of hydrogen-bond donors (Lipinski definition) is 1. The van der Waals surface area contributed by atoms with Gasteiger partial charge in [0.15, 0.2) is 0 Å². The summed E-state index contributed by atoms with van der Waals surface area (Å²) >= 11 is 0. The Kier molecular flexibility index (Phi) is 7.10. The van der Waals surface area contributed by atoms with Crippen LogP contribution in [-0.2, 0) is 12.8 Å². The van der Waals surface area contributed by atoms with Gasteiger partial charge in [-0.25, -0.2) is 9.97 Å². The number of anilines is 1. The van der Waals surface area contributed by atoms with E-state index in [2.05, 4.69) is 20.3 Å². The summed E-state index contributed by atoms with van der Waals surface area (Å²) in [6.07, 6.45) is 8.34. The molecule has 0 aliphatic carbocycles. The van der Waals surface area contributed by atoms with Crippen LogP contribution in [0.2, 0.25) is 0 Å². The molecule has 0 saturated heterocycles. The minimum Gasteiger partial charge on any atom is -0.497 e. The third-order valence-corrected chi connectivity index (χ3v) is 4.61. The number of amides is 1. The van der Waals surface area contributed by atoms with Crippen molar-refractivity contribution in [2.24, 2.45) is 0 Å². The number of likely N-dealkylation sites (N-methyl/N-ethyl adjacent to an activating group) is 1. The normalized spacial score (nSPS) is 10.4. The van der Waals surface area contributed by atoms with Gasteiger partial charge in [0.1, 0.15) is 17.3 Å². The number of pyridine rings is 1. The van der Waals surface area contributed by atoms with Crippen LogP contribution < -0.4 is 15.0 Å². The van der Waals surface area contributed by atoms with Crippen LogP contribution in [-0.4, -0.2) is 48.1 Å². The Morgan fingerprint density at radius 2 is 1.72 bits per heavy atom. The summed E-state index contributed by atoms with van der Waals surface area (Å²) in [6, 6.07) is 11.8. The largest absolute Gasteiger partial charge is 0.497 e. The highest BCUT2D eigenvalue weighted by Gasteiger charge is 2.09. The van der Waals surface area contributed by atoms with Crippen molar-refractivity contribution in [3.63, 3.8) is 0 Å². The first-order valence-electron chi connectivity index (χ1n) is 9.49. The number of benzene rings is 1. The van der Waals surface area contributed by atoms with Crippen molar-refractivity contribution in [3.05, 3.63) is 78.0 Å². The van der Waals surface area contributed by atoms with Crippen LogP contribution in [0.3, 0.4) is 0 Å². The first-order valence-corrected chi connectivity index (χ1v) is 9.49. The van der Waals surface area contributed by atoms with Gasteiger partial charge in [0, 0.05) is 32.5 Å². The number of rotatable bonds is 9. The summed E-state index contributed by atoms with van der Waals surface area (Å²) in [4.78, 5) is 26.9. The third kappa shape index (κ3) is 6.00. The highest BCUT2D eigenvalue weighted by Crippen LogP contribution is 2.11. The maximum absolute atomic E-state index is 12.3. The number of ether oxygens (including phenoxy) is 1. The lowest BCUT2D eigenvalue weighted by Crippen LogP contribution is -2.27. The molecule has 0 bridgehead atoms. The van der Waals surface area contributed by atoms with Gasteiger partial charge in [0.05, 0.1) is 19.5 Å². The molecule has 0 atom stereocenters. The predicted octanol–water partition coefficient (Wildman–Crippen LogP) is 2.53. The van der Waals surface area contributed by atoms with Gasteiger partial charge < -0.3 is 15.0 Å². The molecule has 1 N–H and O–H groups in total. The third-order valence-electron chi connectivity index (χ3n) is 4.61. The summed E-state index contributed by atoms with van der Waals surface area (Å²) in [5, 5.41) is 2.88. The van der Waals surface area contributed by atoms with Crippen LogP contribution in [0.25, 0.3) is 0 Å². The zero-order valence-electron chi connectivity index (χ0n) is 16.7. The summed E-state index contributed by atoms with van der Waals surface area (Å²) in [5.74, 6) is 1.32. The predicted molar refractivity (Wildman–Crippen MR) is 112 cm³/mol. The minimum atomic E-state index is -0.225. The van der Waals surface area contributed by atoms with Crippen LogP contribution in [0.5, 0.6) is 5.75 Å². The number of hydrogen-bond acceptors (Lipinski definition) is 6. The van der Waals surface area contributed by atoms with Gasteiger partial charge in [-0.3, -0.25) is 9.78 Å². The fourth-order valence-corrected chi connectivity index (χ4v) is 2.80. The number of carbonyl (C=O) groups excluding carboxylic acids is 1. The monoisotopic (exact) mass is 391 g/mol. The van der Waals surface area contributed by atoms with E-state index in [1.807, 2.05) is 48.3 Å². The van der Waals surface area contributed by atoms with Gasteiger partial charge >= 0.3 is 0 Å². The van der Waals surface area contributed by atoms with E-state index in [4.69, 9.17) is 4.74 Å². The molecule has 0 fully saturated rings. The van der Waals surface area contributed by atoms with Gasteiger partial charge in [-0.2, -0.15) is 0 Å². The van der Waals surface area contributed by atoms with E-state index >= 15 is 0 Å². The molecule has 2 aromatic heterocycles. The standard InChI is InChI=1S/C22H25N5O2/c1-27(14-10-18-7-11-23-12-8-18)21-16-25-20(15-26-21)22(28)24-13-9-17-3-5-19(29-2)6-4-17/h3-8,11-12,15-16H,9-10,13-14H2,1-2H3,(H,24,28). The zero-order valence-corrected chi connectivity index (χ0v) is 16.7. The molecule has 1 aromatic carbocycles. The number of nitrogens with one attached hydrogen (secondary N) is 1. The molecule has 7 nitrogen and oxygen atoms in total. The van der Waals surface area contributed by atoms with Crippen LogP contribution in [0.4, 0.5) is 5.82 Å². The van der Waals surface area contributed by atoms with Crippen LogP contribution >= 0.6 is 0 Å². The van der Waals surface area contributed by atoms with Gasteiger partial charge in [-0.1, -0.05) is 12.1 Å². The van der Waals surface area contributed by atoms with E-state index in [-0.39, 0.29) is 5.91 Å². The number of carbonyl (C=O) groups is 1. The molecule has 0 spiro atoms. The van der Waals surface area contributed by atoms with Gasteiger partial charge in [0.25, 0.3) is 5.91 Å². The van der Waals surface area contributed by atoms with E-state index in [0.717, 1.165) is 36.5 Å². The first kappa shape index (κ1) is 20.3. The highest BCUT2D eigenvalue weighted by atomic mass is 16.5. The van der Waals surface area contributed by atoms with E-state index in [0.29, 0.717) is 12.2 Å². The number of methoxy groups -OCH3 is 1. The lowest BCUT2D eigenvalue weighted by Gasteiger charge is -2.17. The van der Waals surface area contributed by atoms with E-state index in [1.54, 1.807) is 25.7 Å². The maximum Gasteiger partial charge on any atom is 0.271 e. The molecule has 2 heterocycles. The second-order valence-corrected chi connectivity index (χ2v) is 6.64. The second-order valence-electron chi connectivity index (χ2n) is 6.64. The van der Waals surface area contributed by atoms with Crippen LogP contribution in [0, 0.1) is 0 Å². The van der Waals surface area contributed by atoms with Crippen molar-refractivity contribution in [2.45, 2.75) is 12.8 Å². The van der Waals surface area contributed by atoms with Crippen molar-refractivity contribution in [2.75, 3.05) is 32.1 Å².